The summed E-state index contributed by atoms with van der Waals surface area (Å²) in [6.45, 7) is 7.02. The molecule has 2 atom stereocenters. The van der Waals surface area contributed by atoms with Gasteiger partial charge in [0.05, 0.1) is 23.4 Å². The van der Waals surface area contributed by atoms with Crippen LogP contribution in [0.15, 0.2) is 0 Å². The lowest BCUT2D eigenvalue weighted by atomic mass is 10.0. The van der Waals surface area contributed by atoms with E-state index in [9.17, 15) is 4.79 Å². The molecule has 0 aliphatic carbocycles. The van der Waals surface area contributed by atoms with Gasteiger partial charge in [-0.25, -0.2) is 9.78 Å². The predicted molar refractivity (Wildman–Crippen MR) is 77.6 cm³/mol. The molecule has 6 nitrogen and oxygen atoms in total. The summed E-state index contributed by atoms with van der Waals surface area (Å²) in [5, 5.41) is 12.7. The number of methoxy groups -OCH3 is 1. The minimum Gasteiger partial charge on any atom is -0.465 e. The fourth-order valence-corrected chi connectivity index (χ4v) is 3.83. The van der Waals surface area contributed by atoms with Crippen molar-refractivity contribution in [1.29, 1.82) is 0 Å². The first kappa shape index (κ1) is 15.2. The predicted octanol–water partition coefficient (Wildman–Crippen LogP) is 1.44. The van der Waals surface area contributed by atoms with Gasteiger partial charge in [-0.1, -0.05) is 0 Å². The first-order chi connectivity index (χ1) is 9.51. The van der Waals surface area contributed by atoms with Crippen LogP contribution in [-0.2, 0) is 4.74 Å². The van der Waals surface area contributed by atoms with Gasteiger partial charge in [0, 0.05) is 37.5 Å². The third-order valence-corrected chi connectivity index (χ3v) is 4.80. The molecule has 1 aromatic rings. The Kier molecular flexibility index (Phi) is 4.95. The molecular formula is C13H21N3O3S. The van der Waals surface area contributed by atoms with Crippen LogP contribution in [0.4, 0.5) is 4.79 Å². The molecule has 1 aliphatic heterocycles. The zero-order valence-corrected chi connectivity index (χ0v) is 12.9. The number of nitrogens with zero attached hydrogens (tertiary/aromatic N) is 2. The smallest absolute Gasteiger partial charge is 0.404 e. The normalized spacial score (nSPS) is 23.1. The highest BCUT2D eigenvalue weighted by Gasteiger charge is 2.36. The van der Waals surface area contributed by atoms with Crippen molar-refractivity contribution in [3.05, 3.63) is 15.6 Å². The lowest BCUT2D eigenvalue weighted by Gasteiger charge is -2.17. The number of carbonyl (C=O) groups is 1. The number of likely N-dealkylation sites (tertiary alicyclic amines) is 1. The second-order valence-electron chi connectivity index (χ2n) is 5.10. The van der Waals surface area contributed by atoms with Crippen molar-refractivity contribution in [2.24, 2.45) is 0 Å². The molecule has 0 saturated carbocycles. The summed E-state index contributed by atoms with van der Waals surface area (Å²) in [6, 6.07) is -0.0806. The van der Waals surface area contributed by atoms with E-state index in [0.717, 1.165) is 30.3 Å². The maximum Gasteiger partial charge on any atom is 0.404 e. The third kappa shape index (κ3) is 3.47. The van der Waals surface area contributed by atoms with Gasteiger partial charge in [0.1, 0.15) is 0 Å². The summed E-state index contributed by atoms with van der Waals surface area (Å²) >= 11 is 1.67. The van der Waals surface area contributed by atoms with Crippen molar-refractivity contribution in [2.45, 2.75) is 25.8 Å². The van der Waals surface area contributed by atoms with Crippen LogP contribution >= 0.6 is 11.3 Å². The molecule has 2 rings (SSSR count). The number of amides is 1. The van der Waals surface area contributed by atoms with Gasteiger partial charge in [0.15, 0.2) is 0 Å². The van der Waals surface area contributed by atoms with Gasteiger partial charge in [0.25, 0.3) is 0 Å². The van der Waals surface area contributed by atoms with Crippen molar-refractivity contribution < 1.29 is 14.6 Å². The van der Waals surface area contributed by atoms with E-state index in [1.54, 1.807) is 18.4 Å². The maximum absolute atomic E-state index is 11.0. The molecule has 112 valence electrons. The molecule has 1 aromatic heterocycles. The molecule has 1 aliphatic rings. The fraction of sp³-hybridized carbons (Fsp3) is 0.692. The molecule has 2 unspecified atom stereocenters. The fourth-order valence-electron chi connectivity index (χ4n) is 2.75. The van der Waals surface area contributed by atoms with Gasteiger partial charge in [0.2, 0.25) is 0 Å². The molecule has 0 spiro atoms. The number of rotatable bonds is 5. The van der Waals surface area contributed by atoms with Crippen LogP contribution in [0.2, 0.25) is 0 Å². The minimum atomic E-state index is -0.965. The first-order valence-corrected chi connectivity index (χ1v) is 7.47. The molecule has 1 fully saturated rings. The number of thiazole rings is 1. The van der Waals surface area contributed by atoms with Crippen molar-refractivity contribution in [3.8, 4) is 0 Å². The van der Waals surface area contributed by atoms with Gasteiger partial charge in [-0.2, -0.15) is 0 Å². The SMILES string of the molecule is COCCN1CC(NC(=O)O)C(c2sc(C)nc2C)C1. The van der Waals surface area contributed by atoms with Crippen LogP contribution in [0.1, 0.15) is 21.5 Å². The standard InChI is InChI=1S/C13H21N3O3S/c1-8-12(20-9(2)14-8)10-6-16(4-5-19-3)7-11(10)15-13(17)18/h10-11,15H,4-7H2,1-3H3,(H,17,18). The number of nitrogens with one attached hydrogen (secondary N) is 1. The maximum atomic E-state index is 11.0. The van der Waals surface area contributed by atoms with Crippen LogP contribution in [0.25, 0.3) is 0 Å². The Bertz CT molecular complexity index is 477. The van der Waals surface area contributed by atoms with E-state index >= 15 is 0 Å². The average molecular weight is 299 g/mol. The Morgan fingerprint density at radius 3 is 2.85 bits per heavy atom. The highest BCUT2D eigenvalue weighted by molar-refractivity contribution is 7.11. The number of carboxylic acid groups (broad SMARTS) is 1. The molecule has 0 aromatic carbocycles. The third-order valence-electron chi connectivity index (χ3n) is 3.59. The number of hydrogen-bond acceptors (Lipinski definition) is 5. The van der Waals surface area contributed by atoms with Crippen molar-refractivity contribution in [3.63, 3.8) is 0 Å². The second kappa shape index (κ2) is 6.51. The van der Waals surface area contributed by atoms with E-state index in [2.05, 4.69) is 15.2 Å². The highest BCUT2D eigenvalue weighted by Crippen LogP contribution is 2.33. The summed E-state index contributed by atoms with van der Waals surface area (Å²) in [4.78, 5) is 18.9. The molecule has 1 amide bonds. The molecule has 2 heterocycles. The van der Waals surface area contributed by atoms with Crippen LogP contribution in [0.5, 0.6) is 0 Å². The van der Waals surface area contributed by atoms with E-state index in [1.807, 2.05) is 13.8 Å². The topological polar surface area (TPSA) is 74.7 Å². The zero-order chi connectivity index (χ0) is 14.7. The number of ether oxygens (including phenoxy) is 1. The van der Waals surface area contributed by atoms with Gasteiger partial charge in [-0.05, 0) is 13.8 Å². The monoisotopic (exact) mass is 299 g/mol. The van der Waals surface area contributed by atoms with Gasteiger partial charge >= 0.3 is 6.09 Å². The second-order valence-corrected chi connectivity index (χ2v) is 6.33. The highest BCUT2D eigenvalue weighted by atomic mass is 32.1. The Hall–Kier alpha value is -1.18. The van der Waals surface area contributed by atoms with Crippen LogP contribution in [-0.4, -0.2) is 60.5 Å². The Morgan fingerprint density at radius 2 is 2.30 bits per heavy atom. The van der Waals surface area contributed by atoms with Crippen molar-refractivity contribution in [2.75, 3.05) is 33.4 Å². The first-order valence-electron chi connectivity index (χ1n) is 6.66. The summed E-state index contributed by atoms with van der Waals surface area (Å²) in [5.41, 5.74) is 1.02. The Labute approximate surface area is 122 Å². The van der Waals surface area contributed by atoms with E-state index in [0.29, 0.717) is 6.61 Å². The number of hydrogen-bond donors (Lipinski definition) is 2. The number of aryl methyl sites for hydroxylation is 2. The van der Waals surface area contributed by atoms with E-state index < -0.39 is 6.09 Å². The lowest BCUT2D eigenvalue weighted by Crippen LogP contribution is -2.39. The van der Waals surface area contributed by atoms with Crippen LogP contribution < -0.4 is 5.32 Å². The van der Waals surface area contributed by atoms with Gasteiger partial charge in [-0.15, -0.1) is 11.3 Å². The minimum absolute atomic E-state index is 0.0806. The van der Waals surface area contributed by atoms with E-state index in [1.165, 1.54) is 4.88 Å². The van der Waals surface area contributed by atoms with Crippen LogP contribution in [0, 0.1) is 13.8 Å². The largest absolute Gasteiger partial charge is 0.465 e. The molecule has 7 heteroatoms. The molecular weight excluding hydrogens is 278 g/mol. The summed E-state index contributed by atoms with van der Waals surface area (Å²) in [7, 11) is 1.68. The zero-order valence-electron chi connectivity index (χ0n) is 12.0. The van der Waals surface area contributed by atoms with Gasteiger partial charge in [-0.3, -0.25) is 4.90 Å². The molecule has 2 N–H and O–H groups in total. The average Bonchev–Trinajstić information content (AvgIpc) is 2.89. The van der Waals surface area contributed by atoms with E-state index in [4.69, 9.17) is 9.84 Å². The van der Waals surface area contributed by atoms with Crippen LogP contribution in [0.3, 0.4) is 0 Å². The molecule has 0 radical (unpaired) electrons. The molecule has 1 saturated heterocycles. The van der Waals surface area contributed by atoms with Crippen molar-refractivity contribution in [1.82, 2.24) is 15.2 Å². The van der Waals surface area contributed by atoms with E-state index in [-0.39, 0.29) is 12.0 Å². The molecule has 0 bridgehead atoms. The van der Waals surface area contributed by atoms with Crippen molar-refractivity contribution >= 4 is 17.4 Å². The summed E-state index contributed by atoms with van der Waals surface area (Å²) < 4.78 is 5.10. The summed E-state index contributed by atoms with van der Waals surface area (Å²) in [6.07, 6.45) is -0.965. The lowest BCUT2D eigenvalue weighted by molar-refractivity contribution is 0.158. The summed E-state index contributed by atoms with van der Waals surface area (Å²) in [5.74, 6) is 0.175. The molecule has 20 heavy (non-hydrogen) atoms. The quantitative estimate of drug-likeness (QED) is 0.860. The van der Waals surface area contributed by atoms with Gasteiger partial charge < -0.3 is 15.2 Å². The number of aromatic nitrogens is 1. The Balaban J connectivity index is 2.14. The Morgan fingerprint density at radius 1 is 1.55 bits per heavy atom.